The molecule has 15 heavy (non-hydrogen) atoms. The van der Waals surface area contributed by atoms with Gasteiger partial charge in [0.1, 0.15) is 17.8 Å². The Kier molecular flexibility index (Phi) is 2.22. The summed E-state index contributed by atoms with van der Waals surface area (Å²) in [5.41, 5.74) is -1.01. The molecule has 2 rings (SSSR count). The second kappa shape index (κ2) is 3.30. The number of aromatic nitrogens is 3. The molecule has 0 saturated heterocycles. The smallest absolute Gasteiger partial charge is 0.316 e. The maximum atomic E-state index is 11.1. The Morgan fingerprint density at radius 3 is 2.93 bits per heavy atom. The van der Waals surface area contributed by atoms with E-state index in [9.17, 15) is 4.79 Å². The first-order valence-corrected chi connectivity index (χ1v) is 4.77. The van der Waals surface area contributed by atoms with E-state index in [1.807, 2.05) is 4.57 Å². The van der Waals surface area contributed by atoms with Crippen LogP contribution in [0.15, 0.2) is 0 Å². The van der Waals surface area contributed by atoms with E-state index in [0.717, 1.165) is 0 Å². The molecule has 6 nitrogen and oxygen atoms in total. The van der Waals surface area contributed by atoms with Crippen molar-refractivity contribution >= 4 is 5.97 Å². The van der Waals surface area contributed by atoms with Gasteiger partial charge in [0.25, 0.3) is 0 Å². The first kappa shape index (κ1) is 10.1. The predicted octanol–water partition coefficient (Wildman–Crippen LogP) is 0.170. The first-order chi connectivity index (χ1) is 7.03. The van der Waals surface area contributed by atoms with Crippen molar-refractivity contribution in [3.8, 4) is 0 Å². The fraction of sp³-hybridized carbons (Fsp3) is 0.667. The average molecular weight is 211 g/mol. The molecule has 1 N–H and O–H groups in total. The van der Waals surface area contributed by atoms with Gasteiger partial charge in [0.15, 0.2) is 5.82 Å². The van der Waals surface area contributed by atoms with Crippen molar-refractivity contribution in [3.05, 3.63) is 11.6 Å². The van der Waals surface area contributed by atoms with Crippen LogP contribution in [0.4, 0.5) is 0 Å². The predicted molar refractivity (Wildman–Crippen MR) is 50.3 cm³/mol. The minimum atomic E-state index is -1.01. The molecule has 0 saturated carbocycles. The Bertz CT molecular complexity index is 397. The topological polar surface area (TPSA) is 77.2 Å². The van der Waals surface area contributed by atoms with Crippen molar-refractivity contribution < 1.29 is 14.6 Å². The van der Waals surface area contributed by atoms with E-state index < -0.39 is 11.4 Å². The molecule has 0 bridgehead atoms. The molecule has 0 aromatic carbocycles. The van der Waals surface area contributed by atoms with Gasteiger partial charge in [0.2, 0.25) is 0 Å². The molecule has 82 valence electrons. The number of aliphatic carboxylic acids is 1. The molecular weight excluding hydrogens is 198 g/mol. The lowest BCUT2D eigenvalue weighted by Crippen LogP contribution is -2.34. The Morgan fingerprint density at radius 1 is 1.53 bits per heavy atom. The number of carboxylic acid groups (broad SMARTS) is 1. The molecule has 1 aromatic heterocycles. The minimum Gasteiger partial charge on any atom is -0.481 e. The fourth-order valence-corrected chi connectivity index (χ4v) is 1.55. The van der Waals surface area contributed by atoms with Crippen molar-refractivity contribution in [2.24, 2.45) is 0 Å². The third kappa shape index (κ3) is 1.50. The third-order valence-corrected chi connectivity index (χ3v) is 2.61. The first-order valence-electron chi connectivity index (χ1n) is 4.77. The zero-order valence-electron chi connectivity index (χ0n) is 8.73. The maximum Gasteiger partial charge on any atom is 0.316 e. The third-order valence-electron chi connectivity index (χ3n) is 2.61. The lowest BCUT2D eigenvalue weighted by atomic mass is 9.92. The highest BCUT2D eigenvalue weighted by atomic mass is 16.5. The molecular formula is C9H13N3O3. The summed E-state index contributed by atoms with van der Waals surface area (Å²) in [5.74, 6) is 0.295. The van der Waals surface area contributed by atoms with Gasteiger partial charge in [-0.05, 0) is 13.8 Å². The highest BCUT2D eigenvalue weighted by Gasteiger charge is 2.36. The lowest BCUT2D eigenvalue weighted by Gasteiger charge is -2.22. The second-order valence-corrected chi connectivity index (χ2v) is 4.07. The van der Waals surface area contributed by atoms with Crippen LogP contribution >= 0.6 is 0 Å². The molecule has 0 aliphatic carbocycles. The number of rotatable bonds is 2. The van der Waals surface area contributed by atoms with E-state index in [1.54, 1.807) is 13.8 Å². The van der Waals surface area contributed by atoms with Crippen molar-refractivity contribution in [2.45, 2.75) is 32.4 Å². The van der Waals surface area contributed by atoms with Crippen LogP contribution in [0.1, 0.15) is 25.5 Å². The Balaban J connectivity index is 2.45. The van der Waals surface area contributed by atoms with E-state index in [-0.39, 0.29) is 0 Å². The number of nitrogens with zero attached hydrogens (tertiary/aromatic N) is 3. The summed E-state index contributed by atoms with van der Waals surface area (Å²) in [6.45, 7) is 4.86. The lowest BCUT2D eigenvalue weighted by molar-refractivity contribution is -0.142. The molecule has 0 spiro atoms. The number of hydrogen-bond acceptors (Lipinski definition) is 4. The molecule has 0 unspecified atom stereocenters. The van der Waals surface area contributed by atoms with Crippen molar-refractivity contribution in [1.29, 1.82) is 0 Å². The van der Waals surface area contributed by atoms with Gasteiger partial charge >= 0.3 is 5.97 Å². The molecule has 0 radical (unpaired) electrons. The van der Waals surface area contributed by atoms with Crippen LogP contribution in [-0.4, -0.2) is 32.4 Å². The van der Waals surface area contributed by atoms with E-state index in [0.29, 0.717) is 31.4 Å². The highest BCUT2D eigenvalue weighted by molar-refractivity contribution is 5.79. The highest BCUT2D eigenvalue weighted by Crippen LogP contribution is 2.23. The number of carboxylic acids is 1. The second-order valence-electron chi connectivity index (χ2n) is 4.07. The van der Waals surface area contributed by atoms with E-state index >= 15 is 0 Å². The SMILES string of the molecule is CC(C)(C(=O)O)c1nnc2n1CCOC2. The summed E-state index contributed by atoms with van der Waals surface area (Å²) < 4.78 is 7.04. The quantitative estimate of drug-likeness (QED) is 0.754. The maximum absolute atomic E-state index is 11.1. The minimum absolute atomic E-state index is 0.405. The molecule has 2 heterocycles. The molecule has 6 heteroatoms. The van der Waals surface area contributed by atoms with Gasteiger partial charge in [-0.15, -0.1) is 10.2 Å². The van der Waals surface area contributed by atoms with Crippen LogP contribution in [0.5, 0.6) is 0 Å². The average Bonchev–Trinajstić information content (AvgIpc) is 2.61. The molecule has 0 fully saturated rings. The van der Waals surface area contributed by atoms with Crippen LogP contribution in [0.25, 0.3) is 0 Å². The Morgan fingerprint density at radius 2 is 2.27 bits per heavy atom. The van der Waals surface area contributed by atoms with Crippen LogP contribution in [0.2, 0.25) is 0 Å². The number of ether oxygens (including phenoxy) is 1. The summed E-state index contributed by atoms with van der Waals surface area (Å²) in [6, 6.07) is 0. The summed E-state index contributed by atoms with van der Waals surface area (Å²) in [5, 5.41) is 17.0. The molecule has 0 atom stereocenters. The summed E-state index contributed by atoms with van der Waals surface area (Å²) in [6.07, 6.45) is 0. The van der Waals surface area contributed by atoms with Crippen molar-refractivity contribution in [1.82, 2.24) is 14.8 Å². The zero-order valence-corrected chi connectivity index (χ0v) is 8.73. The van der Waals surface area contributed by atoms with Gasteiger partial charge < -0.3 is 14.4 Å². The fourth-order valence-electron chi connectivity index (χ4n) is 1.55. The molecule has 1 aliphatic heterocycles. The monoisotopic (exact) mass is 211 g/mol. The van der Waals surface area contributed by atoms with E-state index in [2.05, 4.69) is 10.2 Å². The summed E-state index contributed by atoms with van der Waals surface area (Å²) >= 11 is 0. The molecule has 1 aliphatic rings. The van der Waals surface area contributed by atoms with Gasteiger partial charge in [0, 0.05) is 6.54 Å². The van der Waals surface area contributed by atoms with Gasteiger partial charge in [-0.25, -0.2) is 0 Å². The number of hydrogen-bond donors (Lipinski definition) is 1. The van der Waals surface area contributed by atoms with Gasteiger partial charge in [-0.2, -0.15) is 0 Å². The number of carbonyl (C=O) groups is 1. The van der Waals surface area contributed by atoms with Crippen molar-refractivity contribution in [3.63, 3.8) is 0 Å². The number of fused-ring (bicyclic) bond motifs is 1. The van der Waals surface area contributed by atoms with Gasteiger partial charge in [-0.3, -0.25) is 4.79 Å². The Labute approximate surface area is 86.9 Å². The zero-order chi connectivity index (χ0) is 11.1. The van der Waals surface area contributed by atoms with Crippen molar-refractivity contribution in [2.75, 3.05) is 6.61 Å². The largest absolute Gasteiger partial charge is 0.481 e. The van der Waals surface area contributed by atoms with Crippen LogP contribution in [-0.2, 0) is 28.1 Å². The van der Waals surface area contributed by atoms with Gasteiger partial charge in [-0.1, -0.05) is 0 Å². The molecule has 1 aromatic rings. The normalized spacial score (nSPS) is 16.1. The van der Waals surface area contributed by atoms with Gasteiger partial charge in [0.05, 0.1) is 6.61 Å². The van der Waals surface area contributed by atoms with Crippen LogP contribution in [0.3, 0.4) is 0 Å². The van der Waals surface area contributed by atoms with E-state index in [4.69, 9.17) is 9.84 Å². The van der Waals surface area contributed by atoms with E-state index in [1.165, 1.54) is 0 Å². The van der Waals surface area contributed by atoms with Crippen LogP contribution < -0.4 is 0 Å². The molecule has 0 amide bonds. The summed E-state index contributed by atoms with van der Waals surface area (Å²) in [7, 11) is 0. The Hall–Kier alpha value is -1.43. The summed E-state index contributed by atoms with van der Waals surface area (Å²) in [4.78, 5) is 11.1. The standard InChI is InChI=1S/C9H13N3O3/c1-9(2,8(13)14)7-11-10-6-5-15-4-3-12(6)7/h3-5H2,1-2H3,(H,13,14). The van der Waals surface area contributed by atoms with Crippen LogP contribution in [0, 0.1) is 0 Å².